The predicted octanol–water partition coefficient (Wildman–Crippen LogP) is 4.89. The summed E-state index contributed by atoms with van der Waals surface area (Å²) in [5.74, 6) is -1.03. The summed E-state index contributed by atoms with van der Waals surface area (Å²) in [4.78, 5) is 33.8. The van der Waals surface area contributed by atoms with Crippen LogP contribution in [0.25, 0.3) is 0 Å². The largest absolute Gasteiger partial charge is 0.472 e. The van der Waals surface area contributed by atoms with Crippen LogP contribution in [-0.2, 0) is 11.3 Å². The molecule has 8 nitrogen and oxygen atoms in total. The van der Waals surface area contributed by atoms with Crippen molar-refractivity contribution < 1.29 is 23.0 Å². The first-order valence-electron chi connectivity index (χ1n) is 11.4. The maximum atomic E-state index is 14.0. The van der Waals surface area contributed by atoms with Crippen LogP contribution < -0.4 is 15.2 Å². The number of carbonyl (C=O) groups excluding carboxylic acids is 1. The average Bonchev–Trinajstić information content (AvgIpc) is 3.23. The van der Waals surface area contributed by atoms with Crippen molar-refractivity contribution in [3.63, 3.8) is 0 Å². The van der Waals surface area contributed by atoms with Crippen molar-refractivity contribution in [2.75, 3.05) is 25.0 Å². The van der Waals surface area contributed by atoms with E-state index in [1.54, 1.807) is 16.5 Å². The highest BCUT2D eigenvalue weighted by molar-refractivity contribution is 9.10. The van der Waals surface area contributed by atoms with E-state index in [1.807, 2.05) is 39.5 Å². The van der Waals surface area contributed by atoms with Crippen molar-refractivity contribution in [2.24, 2.45) is 0 Å². The molecule has 0 spiro atoms. The van der Waals surface area contributed by atoms with Gasteiger partial charge < -0.3 is 19.3 Å². The lowest BCUT2D eigenvalue weighted by atomic mass is 10.2. The SMILES string of the molecule is CC(C)n1c(N2CC[C@@H](N(C)C(=O)OC(C)(C)C)C2)nc(OCc2ccc(F)cc2F)c(Br)c1=O. The molecule has 0 saturated carbocycles. The third-order valence-electron chi connectivity index (χ3n) is 5.58. The molecule has 1 amide bonds. The van der Waals surface area contributed by atoms with Gasteiger partial charge in [0.05, 0.1) is 6.04 Å². The van der Waals surface area contributed by atoms with Gasteiger partial charge in [-0.2, -0.15) is 4.98 Å². The van der Waals surface area contributed by atoms with Gasteiger partial charge in [0.25, 0.3) is 5.56 Å². The summed E-state index contributed by atoms with van der Waals surface area (Å²) in [6, 6.07) is 2.86. The van der Waals surface area contributed by atoms with E-state index in [9.17, 15) is 18.4 Å². The Labute approximate surface area is 212 Å². The van der Waals surface area contributed by atoms with Gasteiger partial charge in [0, 0.05) is 37.8 Å². The molecule has 1 fully saturated rings. The monoisotopic (exact) mass is 556 g/mol. The van der Waals surface area contributed by atoms with Crippen LogP contribution in [0.15, 0.2) is 27.5 Å². The van der Waals surface area contributed by atoms with Crippen molar-refractivity contribution in [3.8, 4) is 5.88 Å². The first-order chi connectivity index (χ1) is 16.3. The number of carbonyl (C=O) groups is 1. The van der Waals surface area contributed by atoms with Gasteiger partial charge in [-0.25, -0.2) is 13.6 Å². The molecule has 35 heavy (non-hydrogen) atoms. The Morgan fingerprint density at radius 1 is 1.31 bits per heavy atom. The Kier molecular flexibility index (Phi) is 8.08. The van der Waals surface area contributed by atoms with E-state index in [0.717, 1.165) is 12.1 Å². The molecule has 3 rings (SSSR count). The van der Waals surface area contributed by atoms with Crippen LogP contribution >= 0.6 is 15.9 Å². The third-order valence-corrected chi connectivity index (χ3v) is 6.26. The summed E-state index contributed by atoms with van der Waals surface area (Å²) in [5.41, 5.74) is -0.816. The maximum absolute atomic E-state index is 14.0. The van der Waals surface area contributed by atoms with Crippen molar-refractivity contribution in [1.82, 2.24) is 14.5 Å². The molecule has 192 valence electrons. The molecule has 1 saturated heterocycles. The van der Waals surface area contributed by atoms with Gasteiger partial charge in [-0.3, -0.25) is 9.36 Å². The lowest BCUT2D eigenvalue weighted by Crippen LogP contribution is -2.42. The number of aromatic nitrogens is 2. The second-order valence-corrected chi connectivity index (χ2v) is 10.6. The van der Waals surface area contributed by atoms with Crippen LogP contribution in [0.3, 0.4) is 0 Å². The van der Waals surface area contributed by atoms with E-state index in [0.29, 0.717) is 25.5 Å². The van der Waals surface area contributed by atoms with Gasteiger partial charge in [0.2, 0.25) is 11.8 Å². The zero-order valence-electron chi connectivity index (χ0n) is 20.8. The summed E-state index contributed by atoms with van der Waals surface area (Å²) in [7, 11) is 1.69. The van der Waals surface area contributed by atoms with Crippen LogP contribution in [-0.4, -0.2) is 52.3 Å². The van der Waals surface area contributed by atoms with Gasteiger partial charge in [-0.1, -0.05) is 0 Å². The number of likely N-dealkylation sites (N-methyl/N-ethyl adjacent to an activating group) is 1. The smallest absolute Gasteiger partial charge is 0.410 e. The molecule has 0 aliphatic carbocycles. The standard InChI is InChI=1S/C24H31BrF2N4O4/c1-14(2)31-21(32)19(25)20(34-13-15-7-8-16(26)11-18(15)27)28-22(31)30-10-9-17(12-30)29(6)23(33)35-24(3,4)5/h7-8,11,14,17H,9-10,12-13H2,1-6H3/t17-/m1/s1. The molecular formula is C24H31BrF2N4O4. The maximum Gasteiger partial charge on any atom is 0.410 e. The lowest BCUT2D eigenvalue weighted by Gasteiger charge is -2.29. The van der Waals surface area contributed by atoms with Crippen molar-refractivity contribution in [1.29, 1.82) is 0 Å². The fourth-order valence-corrected chi connectivity index (χ4v) is 4.17. The summed E-state index contributed by atoms with van der Waals surface area (Å²) in [6.07, 6.45) is 0.247. The number of ether oxygens (including phenoxy) is 2. The second kappa shape index (κ2) is 10.5. The fraction of sp³-hybridized carbons (Fsp3) is 0.542. The minimum absolute atomic E-state index is 0.00886. The number of rotatable bonds is 6. The van der Waals surface area contributed by atoms with E-state index in [-0.39, 0.29) is 40.2 Å². The topological polar surface area (TPSA) is 76.9 Å². The Morgan fingerprint density at radius 3 is 2.60 bits per heavy atom. The van der Waals surface area contributed by atoms with Crippen molar-refractivity contribution in [2.45, 2.75) is 65.3 Å². The zero-order valence-corrected chi connectivity index (χ0v) is 22.4. The minimum Gasteiger partial charge on any atom is -0.472 e. The number of hydrogen-bond donors (Lipinski definition) is 0. The van der Waals surface area contributed by atoms with Gasteiger partial charge in [0.15, 0.2) is 0 Å². The Morgan fingerprint density at radius 2 is 2.00 bits per heavy atom. The number of amides is 1. The number of hydrogen-bond acceptors (Lipinski definition) is 6. The fourth-order valence-electron chi connectivity index (χ4n) is 3.77. The predicted molar refractivity (Wildman–Crippen MR) is 132 cm³/mol. The molecule has 0 bridgehead atoms. The minimum atomic E-state index is -0.746. The Hall–Kier alpha value is -2.69. The van der Waals surface area contributed by atoms with Crippen LogP contribution in [0.4, 0.5) is 19.5 Å². The normalized spacial score (nSPS) is 16.1. The Balaban J connectivity index is 1.86. The first-order valence-corrected chi connectivity index (χ1v) is 12.2. The molecule has 11 heteroatoms. The summed E-state index contributed by atoms with van der Waals surface area (Å²) in [5, 5.41) is 0. The molecule has 0 N–H and O–H groups in total. The summed E-state index contributed by atoms with van der Waals surface area (Å²) >= 11 is 3.27. The number of benzene rings is 1. The van der Waals surface area contributed by atoms with E-state index >= 15 is 0 Å². The third kappa shape index (κ3) is 6.31. The highest BCUT2D eigenvalue weighted by Crippen LogP contribution is 2.29. The molecule has 1 aromatic carbocycles. The van der Waals surface area contributed by atoms with Crippen LogP contribution in [0.5, 0.6) is 5.88 Å². The second-order valence-electron chi connectivity index (χ2n) is 9.80. The highest BCUT2D eigenvalue weighted by atomic mass is 79.9. The van der Waals surface area contributed by atoms with E-state index < -0.39 is 23.3 Å². The molecular weight excluding hydrogens is 526 g/mol. The molecule has 2 heterocycles. The van der Waals surface area contributed by atoms with Crippen LogP contribution in [0.2, 0.25) is 0 Å². The van der Waals surface area contributed by atoms with Crippen LogP contribution in [0, 0.1) is 11.6 Å². The van der Waals surface area contributed by atoms with Crippen molar-refractivity contribution >= 4 is 28.0 Å². The molecule has 0 unspecified atom stereocenters. The van der Waals surface area contributed by atoms with Gasteiger partial charge in [-0.05, 0) is 69.1 Å². The zero-order chi connectivity index (χ0) is 26.1. The van der Waals surface area contributed by atoms with Crippen molar-refractivity contribution in [3.05, 3.63) is 50.2 Å². The molecule has 2 aromatic rings. The van der Waals surface area contributed by atoms with Gasteiger partial charge in [-0.15, -0.1) is 0 Å². The first kappa shape index (κ1) is 26.9. The van der Waals surface area contributed by atoms with Gasteiger partial charge >= 0.3 is 6.09 Å². The molecule has 1 aromatic heterocycles. The number of nitrogens with zero attached hydrogens (tertiary/aromatic N) is 4. The lowest BCUT2D eigenvalue weighted by molar-refractivity contribution is 0.0237. The molecule has 1 aliphatic heterocycles. The molecule has 0 radical (unpaired) electrons. The number of halogens is 3. The van der Waals surface area contributed by atoms with E-state index in [1.165, 1.54) is 6.07 Å². The van der Waals surface area contributed by atoms with E-state index in [4.69, 9.17) is 9.47 Å². The summed E-state index contributed by atoms with van der Waals surface area (Å²) < 4.78 is 40.1. The number of anilines is 1. The average molecular weight is 557 g/mol. The van der Waals surface area contributed by atoms with E-state index in [2.05, 4.69) is 20.9 Å². The summed E-state index contributed by atoms with van der Waals surface area (Å²) in [6.45, 7) is 9.95. The quantitative estimate of drug-likeness (QED) is 0.504. The van der Waals surface area contributed by atoms with Crippen LogP contribution in [0.1, 0.15) is 52.6 Å². The van der Waals surface area contributed by atoms with Gasteiger partial charge in [0.1, 0.15) is 28.3 Å². The molecule has 1 aliphatic rings. The molecule has 1 atom stereocenters. The Bertz CT molecular complexity index is 1150. The highest BCUT2D eigenvalue weighted by Gasteiger charge is 2.34.